The molecule has 0 radical (unpaired) electrons. The summed E-state index contributed by atoms with van der Waals surface area (Å²) in [6, 6.07) is 11.7. The highest BCUT2D eigenvalue weighted by Crippen LogP contribution is 2.33. The van der Waals surface area contributed by atoms with Crippen LogP contribution in [0, 0.1) is 5.82 Å². The molecule has 2 aromatic carbocycles. The third kappa shape index (κ3) is 3.69. The smallest absolute Gasteiger partial charge is 0.232 e. The molecule has 0 saturated carbocycles. The van der Waals surface area contributed by atoms with Crippen molar-refractivity contribution in [3.63, 3.8) is 0 Å². The first-order valence-corrected chi connectivity index (χ1v) is 8.77. The van der Waals surface area contributed by atoms with Crippen LogP contribution in [0.4, 0.5) is 21.5 Å². The van der Waals surface area contributed by atoms with Crippen molar-refractivity contribution in [1.82, 2.24) is 0 Å². The van der Waals surface area contributed by atoms with Crippen LogP contribution < -0.4 is 15.5 Å². The Kier molecular flexibility index (Phi) is 5.21. The van der Waals surface area contributed by atoms with Gasteiger partial charge in [-0.2, -0.15) is 0 Å². The van der Waals surface area contributed by atoms with Gasteiger partial charge in [-0.15, -0.1) is 0 Å². The molecule has 26 heavy (non-hydrogen) atoms. The van der Waals surface area contributed by atoms with Crippen LogP contribution in [0.2, 0.25) is 0 Å². The van der Waals surface area contributed by atoms with Gasteiger partial charge in [0.15, 0.2) is 0 Å². The van der Waals surface area contributed by atoms with Gasteiger partial charge in [0, 0.05) is 36.6 Å². The number of nitrogens with one attached hydrogen (secondary N) is 2. The van der Waals surface area contributed by atoms with Gasteiger partial charge in [0.2, 0.25) is 11.8 Å². The van der Waals surface area contributed by atoms with Crippen LogP contribution in [0.3, 0.4) is 0 Å². The predicted octanol–water partition coefficient (Wildman–Crippen LogP) is 3.74. The fraction of sp³-hybridized carbons (Fsp3) is 0.300. The molecule has 2 N–H and O–H groups in total. The van der Waals surface area contributed by atoms with Crippen molar-refractivity contribution in [3.05, 3.63) is 53.8 Å². The highest BCUT2D eigenvalue weighted by molar-refractivity contribution is 6.05. The molecular weight excluding hydrogens is 333 g/mol. The standard InChI is InChI=1S/C20H22FN3O2/c1-3-24(4-2)15-8-6-14(7-9-15)22-20(26)17-12-19(25)23-18-11-13(21)5-10-16(17)18/h5-11,17H,3-4,12H2,1-2H3,(H,22,26)(H,23,25)/t17-/m1/s1. The van der Waals surface area contributed by atoms with Crippen molar-refractivity contribution < 1.29 is 14.0 Å². The lowest BCUT2D eigenvalue weighted by atomic mass is 9.89. The first-order valence-electron chi connectivity index (χ1n) is 8.77. The molecule has 1 heterocycles. The Morgan fingerprint density at radius 2 is 1.88 bits per heavy atom. The van der Waals surface area contributed by atoms with E-state index in [0.717, 1.165) is 18.8 Å². The molecule has 0 bridgehead atoms. The minimum Gasteiger partial charge on any atom is -0.372 e. The number of anilines is 3. The van der Waals surface area contributed by atoms with E-state index >= 15 is 0 Å². The van der Waals surface area contributed by atoms with Gasteiger partial charge < -0.3 is 15.5 Å². The van der Waals surface area contributed by atoms with E-state index in [4.69, 9.17) is 0 Å². The molecule has 0 fully saturated rings. The Balaban J connectivity index is 1.77. The summed E-state index contributed by atoms with van der Waals surface area (Å²) in [5.74, 6) is -1.65. The minimum absolute atomic E-state index is 0.0436. The van der Waals surface area contributed by atoms with Gasteiger partial charge in [-0.25, -0.2) is 4.39 Å². The summed E-state index contributed by atoms with van der Waals surface area (Å²) in [5, 5.41) is 5.48. The normalized spacial score (nSPS) is 15.8. The molecule has 6 heteroatoms. The van der Waals surface area contributed by atoms with Gasteiger partial charge in [0.1, 0.15) is 5.82 Å². The Morgan fingerprint density at radius 1 is 1.19 bits per heavy atom. The molecule has 0 unspecified atom stereocenters. The molecule has 3 rings (SSSR count). The maximum absolute atomic E-state index is 13.4. The molecule has 5 nitrogen and oxygen atoms in total. The van der Waals surface area contributed by atoms with Crippen molar-refractivity contribution in [1.29, 1.82) is 0 Å². The van der Waals surface area contributed by atoms with E-state index in [2.05, 4.69) is 29.4 Å². The summed E-state index contributed by atoms with van der Waals surface area (Å²) < 4.78 is 13.4. The molecule has 2 amide bonds. The zero-order valence-electron chi connectivity index (χ0n) is 14.9. The zero-order chi connectivity index (χ0) is 18.7. The van der Waals surface area contributed by atoms with E-state index in [1.54, 1.807) is 6.07 Å². The minimum atomic E-state index is -0.637. The van der Waals surface area contributed by atoms with Crippen molar-refractivity contribution in [2.75, 3.05) is 28.6 Å². The summed E-state index contributed by atoms with van der Waals surface area (Å²) in [6.07, 6.45) is 0.0436. The number of hydrogen-bond acceptors (Lipinski definition) is 3. The van der Waals surface area contributed by atoms with Crippen molar-refractivity contribution in [2.24, 2.45) is 0 Å². The summed E-state index contributed by atoms with van der Waals surface area (Å²) >= 11 is 0. The van der Waals surface area contributed by atoms with Crippen LogP contribution in [0.25, 0.3) is 0 Å². The van der Waals surface area contributed by atoms with Gasteiger partial charge in [0.05, 0.1) is 5.92 Å². The number of carbonyl (C=O) groups is 2. The van der Waals surface area contributed by atoms with Crippen LogP contribution in [-0.4, -0.2) is 24.9 Å². The van der Waals surface area contributed by atoms with E-state index in [1.807, 2.05) is 24.3 Å². The second-order valence-electron chi connectivity index (χ2n) is 6.24. The van der Waals surface area contributed by atoms with Crippen LogP contribution in [0.1, 0.15) is 31.7 Å². The van der Waals surface area contributed by atoms with Crippen molar-refractivity contribution in [2.45, 2.75) is 26.2 Å². The molecule has 0 aromatic heterocycles. The fourth-order valence-electron chi connectivity index (χ4n) is 3.24. The number of rotatable bonds is 5. The van der Waals surface area contributed by atoms with Crippen LogP contribution in [0.5, 0.6) is 0 Å². The molecule has 2 aromatic rings. The summed E-state index contributed by atoms with van der Waals surface area (Å²) in [7, 11) is 0. The first kappa shape index (κ1) is 17.9. The van der Waals surface area contributed by atoms with Gasteiger partial charge in [-0.3, -0.25) is 9.59 Å². The number of hydrogen-bond donors (Lipinski definition) is 2. The highest BCUT2D eigenvalue weighted by Gasteiger charge is 2.31. The fourth-order valence-corrected chi connectivity index (χ4v) is 3.24. The number of halogens is 1. The molecule has 136 valence electrons. The molecule has 1 aliphatic heterocycles. The van der Waals surface area contributed by atoms with Gasteiger partial charge >= 0.3 is 0 Å². The average molecular weight is 355 g/mol. The monoisotopic (exact) mass is 355 g/mol. The van der Waals surface area contributed by atoms with Crippen molar-refractivity contribution in [3.8, 4) is 0 Å². The van der Waals surface area contributed by atoms with Gasteiger partial charge in [0.25, 0.3) is 0 Å². The second kappa shape index (κ2) is 7.56. The Labute approximate surface area is 152 Å². The predicted molar refractivity (Wildman–Crippen MR) is 101 cm³/mol. The Bertz CT molecular complexity index is 816. The first-order chi connectivity index (χ1) is 12.5. The van der Waals surface area contributed by atoms with Gasteiger partial charge in [-0.05, 0) is 55.8 Å². The topological polar surface area (TPSA) is 61.4 Å². The number of carbonyl (C=O) groups excluding carboxylic acids is 2. The third-order valence-corrected chi connectivity index (χ3v) is 4.63. The largest absolute Gasteiger partial charge is 0.372 e. The van der Waals surface area contributed by atoms with Gasteiger partial charge in [-0.1, -0.05) is 6.07 Å². The maximum atomic E-state index is 13.4. The lowest BCUT2D eigenvalue weighted by molar-refractivity contribution is -0.123. The number of benzene rings is 2. The van der Waals surface area contributed by atoms with E-state index in [0.29, 0.717) is 16.9 Å². The third-order valence-electron chi connectivity index (χ3n) is 4.63. The van der Waals surface area contributed by atoms with E-state index in [1.165, 1.54) is 12.1 Å². The molecular formula is C20H22FN3O2. The summed E-state index contributed by atoms with van der Waals surface area (Å²) in [5.41, 5.74) is 2.74. The molecule has 0 aliphatic carbocycles. The molecule has 0 saturated heterocycles. The maximum Gasteiger partial charge on any atom is 0.232 e. The Hall–Kier alpha value is -2.89. The number of nitrogens with zero attached hydrogens (tertiary/aromatic N) is 1. The van der Waals surface area contributed by atoms with Crippen LogP contribution in [-0.2, 0) is 9.59 Å². The lowest BCUT2D eigenvalue weighted by Crippen LogP contribution is -2.30. The Morgan fingerprint density at radius 3 is 2.54 bits per heavy atom. The number of fused-ring (bicyclic) bond motifs is 1. The molecule has 0 spiro atoms. The molecule has 1 atom stereocenters. The average Bonchev–Trinajstić information content (AvgIpc) is 2.63. The highest BCUT2D eigenvalue weighted by atomic mass is 19.1. The van der Waals surface area contributed by atoms with E-state index in [9.17, 15) is 14.0 Å². The quantitative estimate of drug-likeness (QED) is 0.859. The van der Waals surface area contributed by atoms with E-state index in [-0.39, 0.29) is 18.2 Å². The van der Waals surface area contributed by atoms with E-state index < -0.39 is 11.7 Å². The lowest BCUT2D eigenvalue weighted by Gasteiger charge is -2.25. The summed E-state index contributed by atoms with van der Waals surface area (Å²) in [6.45, 7) is 6.00. The summed E-state index contributed by atoms with van der Waals surface area (Å²) in [4.78, 5) is 26.8. The SMILES string of the molecule is CCN(CC)c1ccc(NC(=O)[C@@H]2CC(=O)Nc3cc(F)ccc32)cc1. The van der Waals surface area contributed by atoms with Crippen molar-refractivity contribution >= 4 is 28.9 Å². The van der Waals surface area contributed by atoms with Crippen LogP contribution in [0.15, 0.2) is 42.5 Å². The molecule has 1 aliphatic rings. The van der Waals surface area contributed by atoms with Crippen LogP contribution >= 0.6 is 0 Å². The number of amides is 2. The zero-order valence-corrected chi connectivity index (χ0v) is 14.9. The second-order valence-corrected chi connectivity index (χ2v) is 6.24.